The smallest absolute Gasteiger partial charge is 0.216 e. The second kappa shape index (κ2) is 6.89. The third-order valence-electron chi connectivity index (χ3n) is 3.17. The maximum Gasteiger partial charge on any atom is 0.216 e. The Morgan fingerprint density at radius 1 is 1.26 bits per heavy atom. The maximum atomic E-state index is 5.26. The van der Waals surface area contributed by atoms with Gasteiger partial charge in [-0.3, -0.25) is 0 Å². The summed E-state index contributed by atoms with van der Waals surface area (Å²) in [5.41, 5.74) is 1.85. The van der Waals surface area contributed by atoms with E-state index in [0.29, 0.717) is 10.6 Å². The first-order valence-electron chi connectivity index (χ1n) is 6.79. The van der Waals surface area contributed by atoms with E-state index in [1.54, 1.807) is 18.0 Å². The van der Waals surface area contributed by atoms with Gasteiger partial charge in [-0.05, 0) is 54.2 Å². The Hall–Kier alpha value is -2.25. The number of ether oxygens (including phenoxy) is 1. The summed E-state index contributed by atoms with van der Waals surface area (Å²) < 4.78 is 8.19. The molecular formula is C16H13BrN4OS. The first-order valence-corrected chi connectivity index (χ1v) is 7.99. The van der Waals surface area contributed by atoms with Gasteiger partial charge in [0, 0.05) is 10.0 Å². The lowest BCUT2D eigenvalue weighted by atomic mass is 10.2. The number of hydrogen-bond acceptors (Lipinski definition) is 4. The average Bonchev–Trinajstić information content (AvgIpc) is 2.94. The summed E-state index contributed by atoms with van der Waals surface area (Å²) in [5.74, 6) is 1.43. The van der Waals surface area contributed by atoms with Crippen LogP contribution in [0.3, 0.4) is 0 Å². The number of nitrogens with zero attached hydrogens (tertiary/aromatic N) is 3. The molecule has 3 aromatic rings. The molecule has 0 unspecified atom stereocenters. The van der Waals surface area contributed by atoms with Gasteiger partial charge in [0.25, 0.3) is 0 Å². The monoisotopic (exact) mass is 388 g/mol. The molecule has 5 nitrogen and oxygen atoms in total. The van der Waals surface area contributed by atoms with Crippen molar-refractivity contribution in [3.8, 4) is 17.1 Å². The number of halogens is 1. The van der Waals surface area contributed by atoms with Crippen LogP contribution in [0.5, 0.6) is 5.75 Å². The second-order valence-corrected chi connectivity index (χ2v) is 5.99. The van der Waals surface area contributed by atoms with Crippen molar-refractivity contribution in [1.29, 1.82) is 0 Å². The van der Waals surface area contributed by atoms with Gasteiger partial charge in [-0.15, -0.1) is 0 Å². The molecule has 0 spiro atoms. The average molecular weight is 389 g/mol. The van der Waals surface area contributed by atoms with E-state index in [1.807, 2.05) is 48.5 Å². The van der Waals surface area contributed by atoms with Crippen LogP contribution in [0, 0.1) is 4.77 Å². The Labute approximate surface area is 146 Å². The highest BCUT2D eigenvalue weighted by Gasteiger charge is 2.08. The Morgan fingerprint density at radius 2 is 2.04 bits per heavy atom. The van der Waals surface area contributed by atoms with Gasteiger partial charge < -0.3 is 4.74 Å². The summed E-state index contributed by atoms with van der Waals surface area (Å²) in [6.07, 6.45) is 1.74. The lowest BCUT2D eigenvalue weighted by Crippen LogP contribution is -1.95. The van der Waals surface area contributed by atoms with Crippen molar-refractivity contribution in [1.82, 2.24) is 14.9 Å². The molecule has 3 rings (SSSR count). The Balaban J connectivity index is 1.96. The van der Waals surface area contributed by atoms with Gasteiger partial charge in [-0.25, -0.2) is 5.10 Å². The number of rotatable bonds is 4. The van der Waals surface area contributed by atoms with Crippen LogP contribution in [0.25, 0.3) is 11.4 Å². The van der Waals surface area contributed by atoms with Crippen LogP contribution in [0.4, 0.5) is 0 Å². The predicted molar refractivity (Wildman–Crippen MR) is 96.5 cm³/mol. The van der Waals surface area contributed by atoms with Crippen molar-refractivity contribution in [2.75, 3.05) is 7.11 Å². The molecule has 116 valence electrons. The van der Waals surface area contributed by atoms with Crippen LogP contribution >= 0.6 is 28.1 Å². The van der Waals surface area contributed by atoms with Crippen molar-refractivity contribution < 1.29 is 4.74 Å². The molecule has 0 radical (unpaired) electrons. The summed E-state index contributed by atoms with van der Waals surface area (Å²) >= 11 is 8.70. The van der Waals surface area contributed by atoms with Gasteiger partial charge in [0.1, 0.15) is 5.75 Å². The normalized spacial score (nSPS) is 11.0. The third-order valence-corrected chi connectivity index (χ3v) is 3.93. The highest BCUT2D eigenvalue weighted by molar-refractivity contribution is 9.10. The highest BCUT2D eigenvalue weighted by atomic mass is 79.9. The van der Waals surface area contributed by atoms with Gasteiger partial charge in [-0.2, -0.15) is 14.9 Å². The first kappa shape index (κ1) is 15.6. The molecule has 0 saturated heterocycles. The summed E-state index contributed by atoms with van der Waals surface area (Å²) in [6, 6.07) is 15.4. The van der Waals surface area contributed by atoms with E-state index >= 15 is 0 Å². The van der Waals surface area contributed by atoms with E-state index < -0.39 is 0 Å². The number of benzene rings is 2. The molecular weight excluding hydrogens is 376 g/mol. The fourth-order valence-corrected chi connectivity index (χ4v) is 2.63. The molecule has 0 aliphatic carbocycles. The lowest BCUT2D eigenvalue weighted by molar-refractivity contribution is 0.415. The minimum atomic E-state index is 0.432. The van der Waals surface area contributed by atoms with Crippen LogP contribution in [-0.2, 0) is 0 Å². The topological polar surface area (TPSA) is 55.2 Å². The summed E-state index contributed by atoms with van der Waals surface area (Å²) in [6.45, 7) is 0. The Kier molecular flexibility index (Phi) is 4.68. The highest BCUT2D eigenvalue weighted by Crippen LogP contribution is 2.21. The zero-order chi connectivity index (χ0) is 16.2. The van der Waals surface area contributed by atoms with Crippen molar-refractivity contribution >= 4 is 34.4 Å². The number of hydrogen-bond donors (Lipinski definition) is 1. The van der Waals surface area contributed by atoms with Gasteiger partial charge in [0.15, 0.2) is 5.82 Å². The molecule has 0 aliphatic rings. The van der Waals surface area contributed by atoms with E-state index in [2.05, 4.69) is 31.2 Å². The maximum absolute atomic E-state index is 5.26. The molecule has 7 heteroatoms. The summed E-state index contributed by atoms with van der Waals surface area (Å²) in [4.78, 5) is 0. The quantitative estimate of drug-likeness (QED) is 0.536. The first-order chi connectivity index (χ1) is 11.2. The van der Waals surface area contributed by atoms with Gasteiger partial charge in [0.05, 0.1) is 13.3 Å². The van der Waals surface area contributed by atoms with Crippen LogP contribution in [-0.4, -0.2) is 28.2 Å². The van der Waals surface area contributed by atoms with E-state index in [1.165, 1.54) is 0 Å². The second-order valence-electron chi connectivity index (χ2n) is 4.69. The number of methoxy groups -OCH3 is 1. The Bertz CT molecular complexity index is 899. The molecule has 0 bridgehead atoms. The molecule has 0 fully saturated rings. The summed E-state index contributed by atoms with van der Waals surface area (Å²) in [7, 11) is 1.63. The molecule has 0 aliphatic heterocycles. The van der Waals surface area contributed by atoms with Crippen molar-refractivity contribution in [3.63, 3.8) is 0 Å². The predicted octanol–water partition coefficient (Wildman–Crippen LogP) is 4.26. The fraction of sp³-hybridized carbons (Fsp3) is 0.0625. The molecule has 0 amide bonds. The van der Waals surface area contributed by atoms with Gasteiger partial charge in [0.2, 0.25) is 4.77 Å². The van der Waals surface area contributed by atoms with Crippen LogP contribution in [0.2, 0.25) is 0 Å². The number of nitrogens with one attached hydrogen (secondary N) is 1. The third kappa shape index (κ3) is 3.57. The van der Waals surface area contributed by atoms with Gasteiger partial charge in [-0.1, -0.05) is 28.1 Å². The van der Waals surface area contributed by atoms with E-state index in [4.69, 9.17) is 17.0 Å². The minimum absolute atomic E-state index is 0.432. The van der Waals surface area contributed by atoms with Crippen molar-refractivity contribution in [2.24, 2.45) is 5.10 Å². The van der Waals surface area contributed by atoms with Crippen LogP contribution < -0.4 is 4.74 Å². The minimum Gasteiger partial charge on any atom is -0.497 e. The Morgan fingerprint density at radius 3 is 2.74 bits per heavy atom. The number of aromatic nitrogens is 3. The zero-order valence-corrected chi connectivity index (χ0v) is 14.6. The SMILES string of the molecule is COc1ccc(-c2n[nH]c(=S)n2/N=C/c2cccc(Br)c2)cc1. The molecule has 1 N–H and O–H groups in total. The van der Waals surface area contributed by atoms with Crippen LogP contribution in [0.1, 0.15) is 5.56 Å². The standard InChI is InChI=1S/C16H13BrN4OS/c1-22-14-7-5-12(6-8-14)15-19-20-16(23)21(15)18-10-11-3-2-4-13(17)9-11/h2-10H,1H3,(H,20,23)/b18-10+. The molecule has 0 saturated carbocycles. The lowest BCUT2D eigenvalue weighted by Gasteiger charge is -2.03. The van der Waals surface area contributed by atoms with E-state index in [-0.39, 0.29) is 0 Å². The van der Waals surface area contributed by atoms with Crippen LogP contribution in [0.15, 0.2) is 58.1 Å². The van der Waals surface area contributed by atoms with Crippen molar-refractivity contribution in [3.05, 3.63) is 63.3 Å². The van der Waals surface area contributed by atoms with Crippen molar-refractivity contribution in [2.45, 2.75) is 0 Å². The number of H-pyrrole nitrogens is 1. The van der Waals surface area contributed by atoms with Gasteiger partial charge >= 0.3 is 0 Å². The number of aromatic amines is 1. The zero-order valence-electron chi connectivity index (χ0n) is 12.2. The molecule has 0 atom stereocenters. The fourth-order valence-electron chi connectivity index (χ4n) is 2.04. The molecule has 2 aromatic carbocycles. The summed E-state index contributed by atoms with van der Waals surface area (Å²) in [5, 5.41) is 11.5. The van der Waals surface area contributed by atoms with E-state index in [9.17, 15) is 0 Å². The largest absolute Gasteiger partial charge is 0.497 e. The van der Waals surface area contributed by atoms with E-state index in [0.717, 1.165) is 21.3 Å². The molecule has 23 heavy (non-hydrogen) atoms. The molecule has 1 heterocycles. The molecule has 1 aromatic heterocycles.